The van der Waals surface area contributed by atoms with Crippen LogP contribution in [0.15, 0.2) is 23.4 Å². The first-order chi connectivity index (χ1) is 9.53. The van der Waals surface area contributed by atoms with Crippen LogP contribution in [0.4, 0.5) is 5.82 Å². The molecule has 1 aromatic carbocycles. The summed E-state index contributed by atoms with van der Waals surface area (Å²) >= 11 is 0. The highest BCUT2D eigenvalue weighted by atomic mass is 32.2. The van der Waals surface area contributed by atoms with Crippen LogP contribution in [0.3, 0.4) is 0 Å². The Balaban J connectivity index is 2.25. The Labute approximate surface area is 116 Å². The number of aromatic nitrogens is 2. The number of benzene rings is 1. The average molecular weight is 293 g/mol. The van der Waals surface area contributed by atoms with Gasteiger partial charge < -0.3 is 10.4 Å². The lowest BCUT2D eigenvalue weighted by Crippen LogP contribution is -2.20. The predicted molar refractivity (Wildman–Crippen MR) is 75.5 cm³/mol. The molecule has 0 fully saturated rings. The van der Waals surface area contributed by atoms with Crippen molar-refractivity contribution >= 4 is 26.6 Å². The molecule has 3 rings (SSSR count). The standard InChI is InChI=1S/C13H15N3O3S/c1-8(6-17)16-13-12-9-4-5-20(18,19)11(9)3-2-10(12)14-7-15-13/h2-3,7-8,17H,4-6H2,1H3,(H,14,15,16)/t8-/m0/s1. The molecule has 1 aromatic heterocycles. The minimum Gasteiger partial charge on any atom is -0.394 e. The molecule has 2 heterocycles. The van der Waals surface area contributed by atoms with Crippen molar-refractivity contribution in [2.75, 3.05) is 17.7 Å². The van der Waals surface area contributed by atoms with Gasteiger partial charge in [-0.05, 0) is 31.0 Å². The van der Waals surface area contributed by atoms with Crippen LogP contribution in [-0.4, -0.2) is 41.9 Å². The van der Waals surface area contributed by atoms with E-state index < -0.39 is 9.84 Å². The number of hydrogen-bond donors (Lipinski definition) is 2. The molecular weight excluding hydrogens is 278 g/mol. The number of hydrogen-bond acceptors (Lipinski definition) is 6. The van der Waals surface area contributed by atoms with Crippen molar-refractivity contribution in [3.8, 4) is 0 Å². The quantitative estimate of drug-likeness (QED) is 0.867. The Morgan fingerprint density at radius 3 is 2.95 bits per heavy atom. The highest BCUT2D eigenvalue weighted by Crippen LogP contribution is 2.34. The Bertz CT molecular complexity index is 774. The maximum atomic E-state index is 12.0. The van der Waals surface area contributed by atoms with Gasteiger partial charge in [0.25, 0.3) is 0 Å². The van der Waals surface area contributed by atoms with Gasteiger partial charge in [-0.1, -0.05) is 0 Å². The Kier molecular flexibility index (Phi) is 3.10. The molecule has 6 nitrogen and oxygen atoms in total. The van der Waals surface area contributed by atoms with Crippen LogP contribution in [0, 0.1) is 0 Å². The minimum atomic E-state index is -3.18. The zero-order chi connectivity index (χ0) is 14.3. The number of aryl methyl sites for hydroxylation is 1. The van der Waals surface area contributed by atoms with E-state index in [1.54, 1.807) is 12.1 Å². The van der Waals surface area contributed by atoms with Gasteiger partial charge in [0.05, 0.1) is 22.8 Å². The van der Waals surface area contributed by atoms with Gasteiger partial charge >= 0.3 is 0 Å². The van der Waals surface area contributed by atoms with Crippen LogP contribution in [0.1, 0.15) is 12.5 Å². The molecule has 2 N–H and O–H groups in total. The van der Waals surface area contributed by atoms with Crippen molar-refractivity contribution < 1.29 is 13.5 Å². The molecule has 1 atom stereocenters. The van der Waals surface area contributed by atoms with Crippen LogP contribution < -0.4 is 5.32 Å². The lowest BCUT2D eigenvalue weighted by atomic mass is 10.1. The first-order valence-electron chi connectivity index (χ1n) is 6.39. The summed E-state index contributed by atoms with van der Waals surface area (Å²) in [7, 11) is -3.18. The van der Waals surface area contributed by atoms with Crippen LogP contribution >= 0.6 is 0 Å². The largest absolute Gasteiger partial charge is 0.394 e. The third-order valence-electron chi connectivity index (χ3n) is 3.48. The smallest absolute Gasteiger partial charge is 0.179 e. The number of aliphatic hydroxyl groups is 1. The monoisotopic (exact) mass is 293 g/mol. The third-order valence-corrected chi connectivity index (χ3v) is 5.28. The molecule has 0 bridgehead atoms. The van der Waals surface area contributed by atoms with Gasteiger partial charge in [-0.3, -0.25) is 0 Å². The highest BCUT2D eigenvalue weighted by molar-refractivity contribution is 7.91. The summed E-state index contributed by atoms with van der Waals surface area (Å²) in [5, 5.41) is 13.0. The van der Waals surface area contributed by atoms with Gasteiger partial charge in [0.15, 0.2) is 9.84 Å². The van der Waals surface area contributed by atoms with Gasteiger partial charge in [0, 0.05) is 11.4 Å². The lowest BCUT2D eigenvalue weighted by molar-refractivity contribution is 0.281. The molecular formula is C13H15N3O3S. The summed E-state index contributed by atoms with van der Waals surface area (Å²) in [6, 6.07) is 3.15. The molecule has 20 heavy (non-hydrogen) atoms. The fourth-order valence-electron chi connectivity index (χ4n) is 2.48. The molecule has 0 amide bonds. The Morgan fingerprint density at radius 2 is 2.20 bits per heavy atom. The second-order valence-corrected chi connectivity index (χ2v) is 7.03. The second-order valence-electron chi connectivity index (χ2n) is 4.96. The first-order valence-corrected chi connectivity index (χ1v) is 8.05. The lowest BCUT2D eigenvalue weighted by Gasteiger charge is -2.14. The van der Waals surface area contributed by atoms with E-state index in [1.165, 1.54) is 6.33 Å². The topological polar surface area (TPSA) is 92.2 Å². The van der Waals surface area contributed by atoms with Crippen molar-refractivity contribution in [3.05, 3.63) is 24.0 Å². The molecule has 1 aliphatic heterocycles. The Hall–Kier alpha value is -1.73. The third kappa shape index (κ3) is 2.03. The highest BCUT2D eigenvalue weighted by Gasteiger charge is 2.29. The second kappa shape index (κ2) is 4.68. The van der Waals surface area contributed by atoms with Crippen molar-refractivity contribution in [1.29, 1.82) is 0 Å². The van der Waals surface area contributed by atoms with Crippen LogP contribution in [0.5, 0.6) is 0 Å². The summed E-state index contributed by atoms with van der Waals surface area (Å²) < 4.78 is 24.0. The number of nitrogens with zero attached hydrogens (tertiary/aromatic N) is 2. The zero-order valence-electron chi connectivity index (χ0n) is 11.0. The van der Waals surface area contributed by atoms with Gasteiger partial charge in [-0.2, -0.15) is 0 Å². The van der Waals surface area contributed by atoms with E-state index in [1.807, 2.05) is 6.92 Å². The molecule has 2 aromatic rings. The number of anilines is 1. The van der Waals surface area contributed by atoms with E-state index in [2.05, 4.69) is 15.3 Å². The fraction of sp³-hybridized carbons (Fsp3) is 0.385. The molecule has 7 heteroatoms. The number of rotatable bonds is 3. The average Bonchev–Trinajstić information content (AvgIpc) is 2.74. The van der Waals surface area contributed by atoms with Gasteiger partial charge in [-0.25, -0.2) is 18.4 Å². The van der Waals surface area contributed by atoms with Crippen molar-refractivity contribution in [2.24, 2.45) is 0 Å². The van der Waals surface area contributed by atoms with Crippen molar-refractivity contribution in [1.82, 2.24) is 9.97 Å². The molecule has 0 spiro atoms. The van der Waals surface area contributed by atoms with Crippen molar-refractivity contribution in [2.45, 2.75) is 24.3 Å². The molecule has 0 radical (unpaired) electrons. The number of aliphatic hydroxyl groups excluding tert-OH is 1. The van der Waals surface area contributed by atoms with Crippen LogP contribution in [-0.2, 0) is 16.3 Å². The van der Waals surface area contributed by atoms with E-state index in [9.17, 15) is 8.42 Å². The normalized spacial score (nSPS) is 17.9. The molecule has 0 saturated carbocycles. The molecule has 0 saturated heterocycles. The summed E-state index contributed by atoms with van der Waals surface area (Å²) in [6.45, 7) is 1.80. The maximum absolute atomic E-state index is 12.0. The molecule has 0 unspecified atom stereocenters. The van der Waals surface area contributed by atoms with E-state index >= 15 is 0 Å². The zero-order valence-corrected chi connectivity index (χ0v) is 11.8. The summed E-state index contributed by atoms with van der Waals surface area (Å²) in [5.41, 5.74) is 1.49. The Morgan fingerprint density at radius 1 is 1.40 bits per heavy atom. The molecule has 0 aliphatic carbocycles. The summed E-state index contributed by atoms with van der Waals surface area (Å²) in [6.07, 6.45) is 1.91. The van der Waals surface area contributed by atoms with Gasteiger partial charge in [-0.15, -0.1) is 0 Å². The molecule has 106 valence electrons. The predicted octanol–water partition coefficient (Wildman–Crippen LogP) is 0.752. The van der Waals surface area contributed by atoms with Crippen LogP contribution in [0.2, 0.25) is 0 Å². The summed E-state index contributed by atoms with van der Waals surface area (Å²) in [5.74, 6) is 0.705. The first kappa shape index (κ1) is 13.3. The summed E-state index contributed by atoms with van der Waals surface area (Å²) in [4.78, 5) is 8.76. The number of sulfone groups is 1. The number of fused-ring (bicyclic) bond motifs is 3. The maximum Gasteiger partial charge on any atom is 0.179 e. The van der Waals surface area contributed by atoms with Gasteiger partial charge in [0.1, 0.15) is 12.1 Å². The van der Waals surface area contributed by atoms with E-state index in [0.717, 1.165) is 10.9 Å². The fourth-order valence-corrected chi connectivity index (χ4v) is 4.02. The van der Waals surface area contributed by atoms with E-state index in [-0.39, 0.29) is 18.4 Å². The van der Waals surface area contributed by atoms with E-state index in [0.29, 0.717) is 22.7 Å². The van der Waals surface area contributed by atoms with Crippen LogP contribution in [0.25, 0.3) is 10.9 Å². The van der Waals surface area contributed by atoms with Gasteiger partial charge in [0.2, 0.25) is 0 Å². The SMILES string of the molecule is C[C@@H](CO)Nc1ncnc2ccc3c(c12)CCS3(=O)=O. The minimum absolute atomic E-state index is 0.0289. The number of nitrogens with one attached hydrogen (secondary N) is 1. The van der Waals surface area contributed by atoms with Crippen molar-refractivity contribution in [3.63, 3.8) is 0 Å². The van der Waals surface area contributed by atoms with E-state index in [4.69, 9.17) is 5.11 Å². The molecule has 1 aliphatic rings.